The van der Waals surface area contributed by atoms with E-state index < -0.39 is 5.79 Å². The van der Waals surface area contributed by atoms with Crippen LogP contribution in [0.3, 0.4) is 0 Å². The minimum Gasteiger partial charge on any atom is -0.347 e. The highest BCUT2D eigenvalue weighted by molar-refractivity contribution is 5.81. The first-order valence-corrected chi connectivity index (χ1v) is 5.06. The van der Waals surface area contributed by atoms with E-state index in [2.05, 4.69) is 6.92 Å². The number of rotatable bonds is 1. The second kappa shape index (κ2) is 3.39. The lowest BCUT2D eigenvalue weighted by Crippen LogP contribution is -2.40. The molecule has 0 aromatic heterocycles. The van der Waals surface area contributed by atoms with Gasteiger partial charge in [-0.25, -0.2) is 0 Å². The van der Waals surface area contributed by atoms with Crippen LogP contribution in [0, 0.1) is 5.92 Å². The summed E-state index contributed by atoms with van der Waals surface area (Å²) < 4.78 is 11.2. The number of ketones is 1. The fraction of sp³-hybridized carbons (Fsp3) is 0.900. The van der Waals surface area contributed by atoms with E-state index in [0.29, 0.717) is 25.4 Å². The van der Waals surface area contributed by atoms with Crippen molar-refractivity contribution in [3.8, 4) is 0 Å². The molecule has 1 saturated heterocycles. The number of hydrogen-bond donors (Lipinski definition) is 0. The summed E-state index contributed by atoms with van der Waals surface area (Å²) in [6.45, 7) is 3.42. The maximum Gasteiger partial charge on any atom is 0.169 e. The molecule has 1 aliphatic carbocycles. The second-order valence-electron chi connectivity index (χ2n) is 3.88. The average Bonchev–Trinajstić information content (AvgIpc) is 2.59. The normalized spacial score (nSPS) is 32.7. The molecule has 1 atom stereocenters. The van der Waals surface area contributed by atoms with Crippen LogP contribution < -0.4 is 0 Å². The molecule has 13 heavy (non-hydrogen) atoms. The molecule has 0 aromatic rings. The van der Waals surface area contributed by atoms with Crippen molar-refractivity contribution in [1.29, 1.82) is 0 Å². The highest BCUT2D eigenvalue weighted by Crippen LogP contribution is 2.38. The van der Waals surface area contributed by atoms with Gasteiger partial charge in [-0.05, 0) is 6.42 Å². The molecular formula is C10H16O3. The Balaban J connectivity index is 2.05. The van der Waals surface area contributed by atoms with Gasteiger partial charge in [-0.3, -0.25) is 4.79 Å². The molecule has 0 unspecified atom stereocenters. The average molecular weight is 184 g/mol. The molecule has 0 bridgehead atoms. The molecular weight excluding hydrogens is 168 g/mol. The molecule has 1 spiro atoms. The number of carbonyl (C=O) groups excluding carboxylic acids is 1. The van der Waals surface area contributed by atoms with Gasteiger partial charge in [-0.2, -0.15) is 0 Å². The second-order valence-corrected chi connectivity index (χ2v) is 3.88. The van der Waals surface area contributed by atoms with Gasteiger partial charge in [0, 0.05) is 25.2 Å². The van der Waals surface area contributed by atoms with E-state index in [0.717, 1.165) is 19.3 Å². The molecule has 0 N–H and O–H groups in total. The summed E-state index contributed by atoms with van der Waals surface area (Å²) in [6, 6.07) is 0. The van der Waals surface area contributed by atoms with Crippen LogP contribution in [-0.2, 0) is 14.3 Å². The molecule has 0 amide bonds. The van der Waals surface area contributed by atoms with E-state index in [1.54, 1.807) is 0 Å². The molecule has 1 saturated carbocycles. The summed E-state index contributed by atoms with van der Waals surface area (Å²) in [4.78, 5) is 11.5. The Labute approximate surface area is 78.4 Å². The molecule has 2 fully saturated rings. The lowest BCUT2D eigenvalue weighted by Gasteiger charge is -2.34. The van der Waals surface area contributed by atoms with Crippen LogP contribution in [0.2, 0.25) is 0 Å². The Hall–Kier alpha value is -0.410. The lowest BCUT2D eigenvalue weighted by atomic mass is 9.82. The van der Waals surface area contributed by atoms with E-state index in [1.165, 1.54) is 0 Å². The monoisotopic (exact) mass is 184 g/mol. The summed E-state index contributed by atoms with van der Waals surface area (Å²) in [5.41, 5.74) is 0. The quantitative estimate of drug-likeness (QED) is 0.619. The zero-order chi connectivity index (χ0) is 9.31. The summed E-state index contributed by atoms with van der Waals surface area (Å²) in [5, 5.41) is 0. The Morgan fingerprint density at radius 1 is 1.46 bits per heavy atom. The molecule has 3 nitrogen and oxygen atoms in total. The van der Waals surface area contributed by atoms with E-state index in [-0.39, 0.29) is 5.92 Å². The smallest absolute Gasteiger partial charge is 0.169 e. The Morgan fingerprint density at radius 3 is 2.77 bits per heavy atom. The van der Waals surface area contributed by atoms with Crippen molar-refractivity contribution in [2.45, 2.75) is 38.4 Å². The molecule has 1 aliphatic heterocycles. The number of carbonyl (C=O) groups is 1. The maximum atomic E-state index is 11.5. The van der Waals surface area contributed by atoms with Gasteiger partial charge in [0.1, 0.15) is 5.78 Å². The van der Waals surface area contributed by atoms with E-state index in [1.807, 2.05) is 0 Å². The van der Waals surface area contributed by atoms with Crippen LogP contribution in [0.5, 0.6) is 0 Å². The summed E-state index contributed by atoms with van der Waals surface area (Å²) in [6.07, 6.45) is 3.05. The Morgan fingerprint density at radius 2 is 2.15 bits per heavy atom. The lowest BCUT2D eigenvalue weighted by molar-refractivity contribution is -0.189. The van der Waals surface area contributed by atoms with E-state index >= 15 is 0 Å². The van der Waals surface area contributed by atoms with Gasteiger partial charge in [0.2, 0.25) is 0 Å². The molecule has 3 heteroatoms. The zero-order valence-corrected chi connectivity index (χ0v) is 8.04. The van der Waals surface area contributed by atoms with Gasteiger partial charge >= 0.3 is 0 Å². The predicted octanol–water partition coefficient (Wildman–Crippen LogP) is 1.51. The molecule has 2 aliphatic rings. The molecule has 0 aromatic carbocycles. The molecule has 74 valence electrons. The fourth-order valence-electron chi connectivity index (χ4n) is 2.24. The minimum atomic E-state index is -0.394. The largest absolute Gasteiger partial charge is 0.347 e. The van der Waals surface area contributed by atoms with Crippen LogP contribution in [0.1, 0.15) is 32.6 Å². The Bertz CT molecular complexity index is 206. The number of Topliss-reactive ketones (excluding diaryl/α,β-unsaturated/α-hetero) is 1. The molecule has 2 rings (SSSR count). The highest BCUT2D eigenvalue weighted by Gasteiger charge is 2.43. The first-order chi connectivity index (χ1) is 6.26. The maximum absolute atomic E-state index is 11.5. The van der Waals surface area contributed by atoms with Crippen LogP contribution in [0.15, 0.2) is 0 Å². The zero-order valence-electron chi connectivity index (χ0n) is 8.04. The summed E-state index contributed by atoms with van der Waals surface area (Å²) >= 11 is 0. The van der Waals surface area contributed by atoms with Crippen molar-refractivity contribution in [2.75, 3.05) is 13.2 Å². The van der Waals surface area contributed by atoms with Gasteiger partial charge < -0.3 is 9.47 Å². The van der Waals surface area contributed by atoms with Crippen molar-refractivity contribution >= 4 is 5.78 Å². The molecule has 0 radical (unpaired) electrons. The van der Waals surface area contributed by atoms with Crippen molar-refractivity contribution < 1.29 is 14.3 Å². The standard InChI is InChI=1S/C10H16O3/c1-2-8-7-10(4-3-9(8)11)12-5-6-13-10/h8H,2-7H2,1H3/t8-/m1/s1. The van der Waals surface area contributed by atoms with Gasteiger partial charge in [0.15, 0.2) is 5.79 Å². The van der Waals surface area contributed by atoms with Gasteiger partial charge in [0.05, 0.1) is 13.2 Å². The van der Waals surface area contributed by atoms with Gasteiger partial charge in [-0.15, -0.1) is 0 Å². The first kappa shape index (κ1) is 9.16. The van der Waals surface area contributed by atoms with Crippen LogP contribution >= 0.6 is 0 Å². The van der Waals surface area contributed by atoms with Crippen LogP contribution in [0.4, 0.5) is 0 Å². The van der Waals surface area contributed by atoms with Crippen molar-refractivity contribution in [3.05, 3.63) is 0 Å². The van der Waals surface area contributed by atoms with Crippen LogP contribution in [-0.4, -0.2) is 24.8 Å². The number of hydrogen-bond acceptors (Lipinski definition) is 3. The van der Waals surface area contributed by atoms with Crippen molar-refractivity contribution in [3.63, 3.8) is 0 Å². The minimum absolute atomic E-state index is 0.159. The van der Waals surface area contributed by atoms with E-state index in [9.17, 15) is 4.79 Å². The fourth-order valence-corrected chi connectivity index (χ4v) is 2.24. The van der Waals surface area contributed by atoms with Crippen molar-refractivity contribution in [1.82, 2.24) is 0 Å². The third kappa shape index (κ3) is 1.63. The summed E-state index contributed by atoms with van der Waals surface area (Å²) in [5.74, 6) is 0.147. The van der Waals surface area contributed by atoms with E-state index in [4.69, 9.17) is 9.47 Å². The molecule has 1 heterocycles. The number of ether oxygens (including phenoxy) is 2. The first-order valence-electron chi connectivity index (χ1n) is 5.06. The van der Waals surface area contributed by atoms with Gasteiger partial charge in [0.25, 0.3) is 0 Å². The summed E-state index contributed by atoms with van der Waals surface area (Å²) in [7, 11) is 0. The highest BCUT2D eigenvalue weighted by atomic mass is 16.7. The van der Waals surface area contributed by atoms with Gasteiger partial charge in [-0.1, -0.05) is 6.92 Å². The predicted molar refractivity (Wildman–Crippen MR) is 47.3 cm³/mol. The third-order valence-electron chi connectivity index (χ3n) is 3.07. The Kier molecular flexibility index (Phi) is 2.39. The third-order valence-corrected chi connectivity index (χ3v) is 3.07. The SMILES string of the molecule is CC[C@@H]1CC2(CCC1=O)OCCO2. The topological polar surface area (TPSA) is 35.5 Å². The van der Waals surface area contributed by atoms with Crippen LogP contribution in [0.25, 0.3) is 0 Å². The van der Waals surface area contributed by atoms with Crippen molar-refractivity contribution in [2.24, 2.45) is 5.92 Å².